The molecule has 1 N–H and O–H groups in total. The number of carbonyl (C=O) groups excluding carboxylic acids is 1. The lowest BCUT2D eigenvalue weighted by atomic mass is 9.97. The number of rotatable bonds is 7. The monoisotopic (exact) mass is 365 g/mol. The second-order valence-electron chi connectivity index (χ2n) is 5.97. The number of nitrogens with one attached hydrogen (secondary N) is 1. The normalized spacial score (nSPS) is 11.6. The lowest BCUT2D eigenvalue weighted by Gasteiger charge is -2.20. The van der Waals surface area contributed by atoms with Crippen LogP contribution in [0.5, 0.6) is 5.75 Å². The van der Waals surface area contributed by atoms with E-state index in [1.807, 2.05) is 54.6 Å². The van der Waals surface area contributed by atoms with Crippen molar-refractivity contribution in [1.82, 2.24) is 0 Å². The summed E-state index contributed by atoms with van der Waals surface area (Å²) >= 11 is 5.96. The van der Waals surface area contributed by atoms with Gasteiger partial charge in [-0.05, 0) is 54.1 Å². The van der Waals surface area contributed by atoms with E-state index < -0.39 is 0 Å². The Morgan fingerprint density at radius 3 is 2.23 bits per heavy atom. The molecule has 0 heterocycles. The fourth-order valence-corrected chi connectivity index (χ4v) is 2.89. The minimum absolute atomic E-state index is 0.0722. The van der Waals surface area contributed by atoms with Crippen molar-refractivity contribution in [3.8, 4) is 5.75 Å². The maximum Gasteiger partial charge on any atom is 0.165 e. The molecule has 0 spiro atoms. The molecule has 0 radical (unpaired) electrons. The zero-order chi connectivity index (χ0) is 18.4. The molecule has 3 aromatic rings. The standard InChI is InChI=1S/C22H20ClNO2/c1-26-20-13-7-17(8-14-20)22(25)15-21(16-5-3-2-4-6-16)24-19-11-9-18(23)10-12-19/h2-14,21,24H,15H2,1H3/t21-/m1/s1. The summed E-state index contributed by atoms with van der Waals surface area (Å²) in [6.07, 6.45) is 0.346. The molecule has 0 fully saturated rings. The summed E-state index contributed by atoms with van der Waals surface area (Å²) in [5.74, 6) is 0.809. The molecular weight excluding hydrogens is 346 g/mol. The van der Waals surface area contributed by atoms with Crippen LogP contribution in [0.25, 0.3) is 0 Å². The van der Waals surface area contributed by atoms with Gasteiger partial charge < -0.3 is 10.1 Å². The van der Waals surface area contributed by atoms with Crippen LogP contribution < -0.4 is 10.1 Å². The predicted molar refractivity (Wildman–Crippen MR) is 106 cm³/mol. The van der Waals surface area contributed by atoms with Gasteiger partial charge in [-0.2, -0.15) is 0 Å². The molecule has 0 aliphatic rings. The van der Waals surface area contributed by atoms with Gasteiger partial charge in [0.15, 0.2) is 5.78 Å². The minimum Gasteiger partial charge on any atom is -0.497 e. The second-order valence-corrected chi connectivity index (χ2v) is 6.41. The van der Waals surface area contributed by atoms with Crippen molar-refractivity contribution < 1.29 is 9.53 Å². The Labute approximate surface area is 158 Å². The van der Waals surface area contributed by atoms with Crippen LogP contribution in [0.1, 0.15) is 28.4 Å². The first-order chi connectivity index (χ1) is 12.7. The third-order valence-electron chi connectivity index (χ3n) is 4.19. The van der Waals surface area contributed by atoms with Gasteiger partial charge in [0.2, 0.25) is 0 Å². The van der Waals surface area contributed by atoms with E-state index >= 15 is 0 Å². The Bertz CT molecular complexity index is 846. The van der Waals surface area contributed by atoms with E-state index in [0.29, 0.717) is 17.0 Å². The van der Waals surface area contributed by atoms with Crippen LogP contribution in [-0.4, -0.2) is 12.9 Å². The van der Waals surface area contributed by atoms with E-state index in [-0.39, 0.29) is 11.8 Å². The third-order valence-corrected chi connectivity index (χ3v) is 4.44. The first-order valence-corrected chi connectivity index (χ1v) is 8.78. The number of benzene rings is 3. The Morgan fingerprint density at radius 1 is 0.962 bits per heavy atom. The molecule has 0 aromatic heterocycles. The van der Waals surface area contributed by atoms with Crippen molar-refractivity contribution in [2.45, 2.75) is 12.5 Å². The molecule has 4 heteroatoms. The van der Waals surface area contributed by atoms with Crippen LogP contribution in [0.4, 0.5) is 5.69 Å². The molecule has 0 amide bonds. The topological polar surface area (TPSA) is 38.3 Å². The fourth-order valence-electron chi connectivity index (χ4n) is 2.77. The summed E-state index contributed by atoms with van der Waals surface area (Å²) in [6, 6.07) is 24.5. The average molecular weight is 366 g/mol. The van der Waals surface area contributed by atoms with Gasteiger partial charge in [-0.3, -0.25) is 4.79 Å². The Kier molecular flexibility index (Phi) is 5.92. The number of anilines is 1. The van der Waals surface area contributed by atoms with Crippen molar-refractivity contribution in [1.29, 1.82) is 0 Å². The lowest BCUT2D eigenvalue weighted by molar-refractivity contribution is 0.0976. The molecule has 132 valence electrons. The Hall–Kier alpha value is -2.78. The SMILES string of the molecule is COc1ccc(C(=O)C[C@@H](Nc2ccc(Cl)cc2)c2ccccc2)cc1. The maximum absolute atomic E-state index is 12.8. The molecule has 0 bridgehead atoms. The molecule has 0 aliphatic carbocycles. The van der Waals surface area contributed by atoms with Crippen LogP contribution in [0.15, 0.2) is 78.9 Å². The second kappa shape index (κ2) is 8.54. The summed E-state index contributed by atoms with van der Waals surface area (Å²) in [5.41, 5.74) is 2.65. The van der Waals surface area contributed by atoms with Crippen LogP contribution in [0.2, 0.25) is 5.02 Å². The molecule has 3 aromatic carbocycles. The smallest absolute Gasteiger partial charge is 0.165 e. The number of halogens is 1. The highest BCUT2D eigenvalue weighted by atomic mass is 35.5. The number of hydrogen-bond donors (Lipinski definition) is 1. The van der Waals surface area contributed by atoms with Crippen LogP contribution >= 0.6 is 11.6 Å². The van der Waals surface area contributed by atoms with E-state index in [2.05, 4.69) is 5.32 Å². The van der Waals surface area contributed by atoms with Crippen molar-refractivity contribution in [2.75, 3.05) is 12.4 Å². The summed E-state index contributed by atoms with van der Waals surface area (Å²) in [7, 11) is 1.61. The number of ether oxygens (including phenoxy) is 1. The summed E-state index contributed by atoms with van der Waals surface area (Å²) in [4.78, 5) is 12.8. The Morgan fingerprint density at radius 2 is 1.62 bits per heavy atom. The zero-order valence-electron chi connectivity index (χ0n) is 14.5. The average Bonchev–Trinajstić information content (AvgIpc) is 2.70. The molecule has 0 saturated carbocycles. The van der Waals surface area contributed by atoms with Crippen molar-refractivity contribution in [3.63, 3.8) is 0 Å². The highest BCUT2D eigenvalue weighted by molar-refractivity contribution is 6.30. The first kappa shape index (κ1) is 18.0. The van der Waals surface area contributed by atoms with Crippen LogP contribution in [-0.2, 0) is 0 Å². The van der Waals surface area contributed by atoms with E-state index in [4.69, 9.17) is 16.3 Å². The summed E-state index contributed by atoms with van der Waals surface area (Å²) in [6.45, 7) is 0. The molecule has 0 saturated heterocycles. The minimum atomic E-state index is -0.132. The molecule has 0 aliphatic heterocycles. The summed E-state index contributed by atoms with van der Waals surface area (Å²) < 4.78 is 5.15. The number of ketones is 1. The molecule has 0 unspecified atom stereocenters. The van der Waals surface area contributed by atoms with Crippen molar-refractivity contribution in [2.24, 2.45) is 0 Å². The van der Waals surface area contributed by atoms with Gasteiger partial charge in [0.1, 0.15) is 5.75 Å². The maximum atomic E-state index is 12.8. The summed E-state index contributed by atoms with van der Waals surface area (Å²) in [5, 5.41) is 4.12. The van der Waals surface area contributed by atoms with E-state index in [0.717, 1.165) is 17.0 Å². The lowest BCUT2D eigenvalue weighted by Crippen LogP contribution is -2.15. The molecule has 1 atom stereocenters. The largest absolute Gasteiger partial charge is 0.497 e. The highest BCUT2D eigenvalue weighted by Gasteiger charge is 2.17. The fraction of sp³-hybridized carbons (Fsp3) is 0.136. The molecule has 3 rings (SSSR count). The predicted octanol–water partition coefficient (Wildman–Crippen LogP) is 5.77. The van der Waals surface area contributed by atoms with E-state index in [1.54, 1.807) is 31.4 Å². The van der Waals surface area contributed by atoms with Gasteiger partial charge in [0, 0.05) is 22.7 Å². The van der Waals surface area contributed by atoms with Gasteiger partial charge in [0.25, 0.3) is 0 Å². The molecular formula is C22H20ClNO2. The quantitative estimate of drug-likeness (QED) is 0.540. The number of hydrogen-bond acceptors (Lipinski definition) is 3. The molecule has 26 heavy (non-hydrogen) atoms. The zero-order valence-corrected chi connectivity index (χ0v) is 15.2. The Balaban J connectivity index is 1.80. The van der Waals surface area contributed by atoms with Gasteiger partial charge in [-0.25, -0.2) is 0 Å². The van der Waals surface area contributed by atoms with Crippen LogP contribution in [0, 0.1) is 0 Å². The highest BCUT2D eigenvalue weighted by Crippen LogP contribution is 2.26. The van der Waals surface area contributed by atoms with Gasteiger partial charge >= 0.3 is 0 Å². The number of Topliss-reactive ketones (excluding diaryl/α,β-unsaturated/α-hetero) is 1. The van der Waals surface area contributed by atoms with E-state index in [9.17, 15) is 4.79 Å². The molecule has 3 nitrogen and oxygen atoms in total. The van der Waals surface area contributed by atoms with Crippen molar-refractivity contribution in [3.05, 3.63) is 95.0 Å². The number of methoxy groups -OCH3 is 1. The van der Waals surface area contributed by atoms with Gasteiger partial charge in [0.05, 0.1) is 13.2 Å². The van der Waals surface area contributed by atoms with E-state index in [1.165, 1.54) is 0 Å². The van der Waals surface area contributed by atoms with Crippen molar-refractivity contribution >= 4 is 23.1 Å². The number of carbonyl (C=O) groups is 1. The first-order valence-electron chi connectivity index (χ1n) is 8.40. The van der Waals surface area contributed by atoms with Crippen LogP contribution in [0.3, 0.4) is 0 Å². The van der Waals surface area contributed by atoms with Gasteiger partial charge in [-0.1, -0.05) is 41.9 Å². The van der Waals surface area contributed by atoms with Gasteiger partial charge in [-0.15, -0.1) is 0 Å². The third kappa shape index (κ3) is 4.64.